The molecule has 6 nitrogen and oxygen atoms in total. The van der Waals surface area contributed by atoms with Crippen molar-refractivity contribution in [2.45, 2.75) is 63.4 Å². The number of rotatable bonds is 4. The first kappa shape index (κ1) is 19.4. The molecule has 0 saturated carbocycles. The third kappa shape index (κ3) is 4.54. The summed E-state index contributed by atoms with van der Waals surface area (Å²) in [5, 5.41) is 0. The number of nitrogens with zero attached hydrogens (tertiary/aromatic N) is 3. The first-order valence-electron chi connectivity index (χ1n) is 10.9. The lowest BCUT2D eigenvalue weighted by molar-refractivity contribution is -0.134. The van der Waals surface area contributed by atoms with Crippen LogP contribution in [0.2, 0.25) is 0 Å². The van der Waals surface area contributed by atoms with Crippen LogP contribution >= 0.6 is 0 Å². The molecule has 152 valence electrons. The van der Waals surface area contributed by atoms with Gasteiger partial charge in [0.2, 0.25) is 5.91 Å². The van der Waals surface area contributed by atoms with Crippen molar-refractivity contribution in [2.24, 2.45) is 0 Å². The van der Waals surface area contributed by atoms with Crippen LogP contribution in [0.1, 0.15) is 73.3 Å². The summed E-state index contributed by atoms with van der Waals surface area (Å²) in [7, 11) is 0. The number of carbonyl (C=O) groups is 2. The maximum atomic E-state index is 12.6. The molecule has 0 N–H and O–H groups in total. The SMILES string of the molecule is O=C(CC1CCCO1)N1CCC(c2ccc(C(=O)N3CCCCC3)cn2)CC1. The van der Waals surface area contributed by atoms with Crippen LogP contribution in [-0.4, -0.2) is 65.5 Å². The fraction of sp³-hybridized carbons (Fsp3) is 0.682. The highest BCUT2D eigenvalue weighted by atomic mass is 16.5. The summed E-state index contributed by atoms with van der Waals surface area (Å²) < 4.78 is 5.59. The maximum absolute atomic E-state index is 12.6. The van der Waals surface area contributed by atoms with Crippen molar-refractivity contribution in [1.82, 2.24) is 14.8 Å². The van der Waals surface area contributed by atoms with Crippen LogP contribution in [0, 0.1) is 0 Å². The number of likely N-dealkylation sites (tertiary alicyclic amines) is 2. The van der Waals surface area contributed by atoms with E-state index in [1.54, 1.807) is 6.20 Å². The van der Waals surface area contributed by atoms with Gasteiger partial charge >= 0.3 is 0 Å². The fourth-order valence-corrected chi connectivity index (χ4v) is 4.61. The van der Waals surface area contributed by atoms with Gasteiger partial charge < -0.3 is 14.5 Å². The van der Waals surface area contributed by atoms with E-state index in [0.29, 0.717) is 17.9 Å². The van der Waals surface area contributed by atoms with E-state index in [2.05, 4.69) is 4.98 Å². The second-order valence-corrected chi connectivity index (χ2v) is 8.32. The van der Waals surface area contributed by atoms with Gasteiger partial charge in [0.15, 0.2) is 0 Å². The molecule has 1 aromatic heterocycles. The third-order valence-electron chi connectivity index (χ3n) is 6.37. The summed E-state index contributed by atoms with van der Waals surface area (Å²) >= 11 is 0. The lowest BCUT2D eigenvalue weighted by atomic mass is 9.92. The molecule has 3 saturated heterocycles. The minimum atomic E-state index is 0.105. The number of amides is 2. The van der Waals surface area contributed by atoms with Gasteiger partial charge in [-0.3, -0.25) is 14.6 Å². The van der Waals surface area contributed by atoms with Crippen molar-refractivity contribution >= 4 is 11.8 Å². The van der Waals surface area contributed by atoms with Crippen LogP contribution in [0.4, 0.5) is 0 Å². The predicted molar refractivity (Wildman–Crippen MR) is 106 cm³/mol. The molecule has 1 aromatic rings. The highest BCUT2D eigenvalue weighted by Crippen LogP contribution is 2.28. The minimum absolute atomic E-state index is 0.105. The Labute approximate surface area is 167 Å². The summed E-state index contributed by atoms with van der Waals surface area (Å²) in [6, 6.07) is 3.93. The Morgan fingerprint density at radius 3 is 2.39 bits per heavy atom. The zero-order valence-corrected chi connectivity index (χ0v) is 16.6. The molecule has 0 aliphatic carbocycles. The van der Waals surface area contributed by atoms with Crippen LogP contribution in [0.3, 0.4) is 0 Å². The first-order chi connectivity index (χ1) is 13.7. The third-order valence-corrected chi connectivity index (χ3v) is 6.37. The maximum Gasteiger partial charge on any atom is 0.255 e. The largest absolute Gasteiger partial charge is 0.378 e. The molecule has 0 spiro atoms. The Bertz CT molecular complexity index is 671. The van der Waals surface area contributed by atoms with Gasteiger partial charge in [0.05, 0.1) is 18.1 Å². The Morgan fingerprint density at radius 2 is 1.75 bits per heavy atom. The molecule has 0 aromatic carbocycles. The smallest absolute Gasteiger partial charge is 0.255 e. The Hall–Kier alpha value is -1.95. The van der Waals surface area contributed by atoms with E-state index in [4.69, 9.17) is 4.74 Å². The molecule has 2 amide bonds. The van der Waals surface area contributed by atoms with Crippen LogP contribution in [0.5, 0.6) is 0 Å². The molecule has 3 aliphatic rings. The van der Waals surface area contributed by atoms with E-state index in [1.165, 1.54) is 6.42 Å². The molecule has 28 heavy (non-hydrogen) atoms. The zero-order chi connectivity index (χ0) is 19.3. The molecule has 4 heterocycles. The van der Waals surface area contributed by atoms with Crippen molar-refractivity contribution in [3.05, 3.63) is 29.6 Å². The average molecular weight is 386 g/mol. The average Bonchev–Trinajstić information content (AvgIpc) is 3.27. The lowest BCUT2D eigenvalue weighted by Crippen LogP contribution is -2.39. The summed E-state index contributed by atoms with van der Waals surface area (Å²) in [5.74, 6) is 0.694. The number of carbonyl (C=O) groups excluding carboxylic acids is 2. The molecule has 6 heteroatoms. The first-order valence-corrected chi connectivity index (χ1v) is 10.9. The molecule has 3 fully saturated rings. The number of piperidine rings is 2. The van der Waals surface area contributed by atoms with Crippen LogP contribution < -0.4 is 0 Å². The molecular formula is C22H31N3O3. The van der Waals surface area contributed by atoms with Gasteiger partial charge in [0.25, 0.3) is 5.91 Å². The van der Waals surface area contributed by atoms with E-state index < -0.39 is 0 Å². The molecule has 0 bridgehead atoms. The number of pyridine rings is 1. The van der Waals surface area contributed by atoms with Gasteiger partial charge in [0, 0.05) is 50.6 Å². The summed E-state index contributed by atoms with van der Waals surface area (Å²) in [4.78, 5) is 33.6. The zero-order valence-electron chi connectivity index (χ0n) is 16.6. The van der Waals surface area contributed by atoms with Crippen molar-refractivity contribution in [3.8, 4) is 0 Å². The highest BCUT2D eigenvalue weighted by molar-refractivity contribution is 5.94. The summed E-state index contributed by atoms with van der Waals surface area (Å²) in [6.07, 6.45) is 9.75. The minimum Gasteiger partial charge on any atom is -0.378 e. The van der Waals surface area contributed by atoms with E-state index in [-0.39, 0.29) is 17.9 Å². The molecule has 1 unspecified atom stereocenters. The fourth-order valence-electron chi connectivity index (χ4n) is 4.61. The Balaban J connectivity index is 1.28. The van der Waals surface area contributed by atoms with Gasteiger partial charge in [-0.15, -0.1) is 0 Å². The Morgan fingerprint density at radius 1 is 0.964 bits per heavy atom. The van der Waals surface area contributed by atoms with Gasteiger partial charge in [-0.25, -0.2) is 0 Å². The number of hydrogen-bond acceptors (Lipinski definition) is 4. The number of hydrogen-bond donors (Lipinski definition) is 0. The molecule has 1 atom stereocenters. The van der Waals surface area contributed by atoms with Crippen LogP contribution in [-0.2, 0) is 9.53 Å². The van der Waals surface area contributed by atoms with E-state index >= 15 is 0 Å². The molecule has 4 rings (SSSR count). The standard InChI is InChI=1S/C22H31N3O3/c26-21(15-19-5-4-14-28-19)24-12-8-17(9-13-24)20-7-6-18(16-23-20)22(27)25-10-2-1-3-11-25/h6-7,16-17,19H,1-5,8-15H2. The van der Waals surface area contributed by atoms with Gasteiger partial charge in [-0.1, -0.05) is 0 Å². The second-order valence-electron chi connectivity index (χ2n) is 8.32. The topological polar surface area (TPSA) is 62.7 Å². The lowest BCUT2D eigenvalue weighted by Gasteiger charge is -2.32. The van der Waals surface area contributed by atoms with E-state index in [0.717, 1.165) is 77.0 Å². The summed E-state index contributed by atoms with van der Waals surface area (Å²) in [5.41, 5.74) is 1.73. The number of ether oxygens (including phenoxy) is 1. The van der Waals surface area contributed by atoms with Crippen molar-refractivity contribution < 1.29 is 14.3 Å². The second kappa shape index (κ2) is 9.03. The molecule has 0 radical (unpaired) electrons. The van der Waals surface area contributed by atoms with Gasteiger partial charge in [-0.2, -0.15) is 0 Å². The molecule has 3 aliphatic heterocycles. The van der Waals surface area contributed by atoms with Crippen molar-refractivity contribution in [2.75, 3.05) is 32.8 Å². The normalized spacial score (nSPS) is 23.8. The summed E-state index contributed by atoms with van der Waals surface area (Å²) in [6.45, 7) is 4.08. The highest BCUT2D eigenvalue weighted by Gasteiger charge is 2.28. The van der Waals surface area contributed by atoms with Gasteiger partial charge in [-0.05, 0) is 57.1 Å². The van der Waals surface area contributed by atoms with Crippen molar-refractivity contribution in [1.29, 1.82) is 0 Å². The van der Waals surface area contributed by atoms with E-state index in [9.17, 15) is 9.59 Å². The van der Waals surface area contributed by atoms with Gasteiger partial charge in [0.1, 0.15) is 0 Å². The predicted octanol–water partition coefficient (Wildman–Crippen LogP) is 2.98. The quantitative estimate of drug-likeness (QED) is 0.799. The Kier molecular flexibility index (Phi) is 6.25. The van der Waals surface area contributed by atoms with E-state index in [1.807, 2.05) is 21.9 Å². The van der Waals surface area contributed by atoms with Crippen LogP contribution in [0.15, 0.2) is 18.3 Å². The number of aromatic nitrogens is 1. The van der Waals surface area contributed by atoms with Crippen LogP contribution in [0.25, 0.3) is 0 Å². The molecular weight excluding hydrogens is 354 g/mol. The van der Waals surface area contributed by atoms with Crippen molar-refractivity contribution in [3.63, 3.8) is 0 Å². The monoisotopic (exact) mass is 385 g/mol.